The van der Waals surface area contributed by atoms with Gasteiger partial charge in [-0.1, -0.05) is 84.9 Å². The van der Waals surface area contributed by atoms with Gasteiger partial charge in [-0.2, -0.15) is 0 Å². The van der Waals surface area contributed by atoms with Crippen LogP contribution in [0.3, 0.4) is 0 Å². The fourth-order valence-electron chi connectivity index (χ4n) is 8.11. The van der Waals surface area contributed by atoms with Crippen LogP contribution < -0.4 is 28.4 Å². The second-order valence-electron chi connectivity index (χ2n) is 15.5. The summed E-state index contributed by atoms with van der Waals surface area (Å²) in [5.74, 6) is 4.60. The third-order valence-electron chi connectivity index (χ3n) is 11.1. The largest absolute Gasteiger partial charge is 0.491 e. The topological polar surface area (TPSA) is 111 Å². The van der Waals surface area contributed by atoms with E-state index in [1.807, 2.05) is 24.3 Å². The number of benzene rings is 5. The Hall–Kier alpha value is -5.34. The summed E-state index contributed by atoms with van der Waals surface area (Å²) in [6.07, 6.45) is 2.28. The molecule has 9 rings (SSSR count). The zero-order chi connectivity index (χ0) is 43.4. The van der Waals surface area contributed by atoms with Crippen molar-refractivity contribution >= 4 is 0 Å². The first-order chi connectivity index (χ1) is 31.8. The average Bonchev–Trinajstić information content (AvgIpc) is 3.30. The molecule has 340 valence electrons. The predicted octanol–water partition coefficient (Wildman–Crippen LogP) is 7.46. The van der Waals surface area contributed by atoms with Gasteiger partial charge in [0.2, 0.25) is 0 Å². The Bertz CT molecular complexity index is 1970. The fraction of sp³-hybridized carbons (Fsp3) is 0.423. The summed E-state index contributed by atoms with van der Waals surface area (Å²) < 4.78 is 74.7. The quantitative estimate of drug-likeness (QED) is 0.141. The number of rotatable bonds is 0. The third kappa shape index (κ3) is 12.9. The van der Waals surface area contributed by atoms with Crippen molar-refractivity contribution in [2.75, 3.05) is 119 Å². The Morgan fingerprint density at radius 3 is 0.641 bits per heavy atom. The standard InChI is InChI=1S/C52H60O12/c1-2-16-48-47(15-1)59-29-23-57-27-33-63-51-43-11-5-12-44(51)36-40-8-4-10-42-38-46-14-6-13-45(52(46)64-34-28-58-24-30-60-48)37-41-9-3-7-39(35-43)49(41)61-31-25-55-21-19-53-17-18-54-20-22-56-26-32-62-50(40)42/h1-16H,17-38H2. The van der Waals surface area contributed by atoms with E-state index in [1.54, 1.807) is 0 Å². The maximum Gasteiger partial charge on any atom is 0.161 e. The summed E-state index contributed by atoms with van der Waals surface area (Å²) in [5, 5.41) is 0. The molecule has 64 heavy (non-hydrogen) atoms. The number of hydrogen-bond donors (Lipinski definition) is 0. The van der Waals surface area contributed by atoms with Crippen LogP contribution >= 0.6 is 0 Å². The smallest absolute Gasteiger partial charge is 0.161 e. The minimum Gasteiger partial charge on any atom is -0.491 e. The fourth-order valence-corrected chi connectivity index (χ4v) is 8.11. The van der Waals surface area contributed by atoms with Crippen LogP contribution in [0.15, 0.2) is 97.1 Å². The number of fused-ring (bicyclic) bond motifs is 12. The molecule has 12 bridgehead atoms. The maximum absolute atomic E-state index is 6.77. The van der Waals surface area contributed by atoms with Crippen molar-refractivity contribution < 1.29 is 56.8 Å². The minimum atomic E-state index is 0.343. The second kappa shape index (κ2) is 24.6. The van der Waals surface area contributed by atoms with Crippen LogP contribution in [0.1, 0.15) is 44.5 Å². The van der Waals surface area contributed by atoms with E-state index in [9.17, 15) is 0 Å². The van der Waals surface area contributed by atoms with E-state index in [4.69, 9.17) is 56.8 Å². The molecule has 0 unspecified atom stereocenters. The molecule has 5 aromatic rings. The van der Waals surface area contributed by atoms with Crippen LogP contribution in [0, 0.1) is 0 Å². The van der Waals surface area contributed by atoms with Crippen molar-refractivity contribution in [1.82, 2.24) is 0 Å². The molecule has 3 heterocycles. The van der Waals surface area contributed by atoms with Crippen molar-refractivity contribution in [2.24, 2.45) is 0 Å². The first kappa shape index (κ1) is 45.2. The summed E-state index contributed by atoms with van der Waals surface area (Å²) in [5.41, 5.74) is 8.32. The average molecular weight is 877 g/mol. The normalized spacial score (nSPS) is 17.9. The van der Waals surface area contributed by atoms with Crippen molar-refractivity contribution in [3.8, 4) is 34.5 Å². The van der Waals surface area contributed by atoms with E-state index in [0.717, 1.165) is 67.5 Å². The molecule has 1 aliphatic carbocycles. The van der Waals surface area contributed by atoms with Gasteiger partial charge in [-0.05, 0) is 56.6 Å². The van der Waals surface area contributed by atoms with Gasteiger partial charge in [0.1, 0.15) is 62.6 Å². The minimum absolute atomic E-state index is 0.343. The highest BCUT2D eigenvalue weighted by molar-refractivity contribution is 5.56. The predicted molar refractivity (Wildman–Crippen MR) is 241 cm³/mol. The SMILES string of the molecule is c1cc2c3c(c1)Cc1cccc4c1OCCOCCOc1ccccc1OCCOCCOc1c(cccc1Cc1cccc(c1OCCOCCOCCOCCOCCO3)C4)C2. The third-order valence-corrected chi connectivity index (χ3v) is 11.1. The van der Waals surface area contributed by atoms with E-state index >= 15 is 0 Å². The van der Waals surface area contributed by atoms with Gasteiger partial charge in [0.05, 0.1) is 79.3 Å². The van der Waals surface area contributed by atoms with Crippen LogP contribution in [0.5, 0.6) is 34.5 Å². The Morgan fingerprint density at radius 2 is 0.406 bits per heavy atom. The Morgan fingerprint density at radius 1 is 0.203 bits per heavy atom. The number of para-hydroxylation sites is 6. The molecule has 0 radical (unpaired) electrons. The van der Waals surface area contributed by atoms with E-state index in [0.29, 0.717) is 156 Å². The van der Waals surface area contributed by atoms with E-state index in [-0.39, 0.29) is 0 Å². The summed E-state index contributed by atoms with van der Waals surface area (Å²) in [6.45, 7) is 7.25. The highest BCUT2D eigenvalue weighted by Gasteiger charge is 2.22. The van der Waals surface area contributed by atoms with Gasteiger partial charge in [0, 0.05) is 25.7 Å². The van der Waals surface area contributed by atoms with Crippen molar-refractivity contribution in [3.63, 3.8) is 0 Å². The molecular weight excluding hydrogens is 817 g/mol. The first-order valence-electron chi connectivity index (χ1n) is 22.6. The molecule has 0 atom stereocenters. The molecule has 0 saturated carbocycles. The zero-order valence-electron chi connectivity index (χ0n) is 36.7. The van der Waals surface area contributed by atoms with Crippen LogP contribution in [0.25, 0.3) is 0 Å². The van der Waals surface area contributed by atoms with Crippen LogP contribution in [0.2, 0.25) is 0 Å². The molecule has 0 N–H and O–H groups in total. The van der Waals surface area contributed by atoms with Gasteiger partial charge in [-0.3, -0.25) is 0 Å². The summed E-state index contributed by atoms with van der Waals surface area (Å²) >= 11 is 0. The summed E-state index contributed by atoms with van der Waals surface area (Å²) in [4.78, 5) is 0. The molecule has 3 aliphatic heterocycles. The maximum atomic E-state index is 6.77. The van der Waals surface area contributed by atoms with Crippen LogP contribution in [-0.2, 0) is 54.1 Å². The molecule has 5 aromatic carbocycles. The van der Waals surface area contributed by atoms with E-state index in [2.05, 4.69) is 72.8 Å². The highest BCUT2D eigenvalue weighted by Crippen LogP contribution is 2.39. The molecule has 0 aromatic heterocycles. The van der Waals surface area contributed by atoms with Crippen molar-refractivity contribution in [3.05, 3.63) is 142 Å². The lowest BCUT2D eigenvalue weighted by Crippen LogP contribution is -2.15. The Labute approximate surface area is 376 Å². The molecule has 0 spiro atoms. The molecule has 0 saturated heterocycles. The van der Waals surface area contributed by atoms with Crippen molar-refractivity contribution in [2.45, 2.75) is 25.7 Å². The van der Waals surface area contributed by atoms with Crippen LogP contribution in [0.4, 0.5) is 0 Å². The zero-order valence-corrected chi connectivity index (χ0v) is 36.7. The van der Waals surface area contributed by atoms with Gasteiger partial charge >= 0.3 is 0 Å². The number of hydrogen-bond acceptors (Lipinski definition) is 12. The monoisotopic (exact) mass is 876 g/mol. The second-order valence-corrected chi connectivity index (χ2v) is 15.5. The molecule has 12 heteroatoms. The highest BCUT2D eigenvalue weighted by atomic mass is 16.6. The molecule has 4 aliphatic rings. The van der Waals surface area contributed by atoms with Gasteiger partial charge in [-0.25, -0.2) is 0 Å². The van der Waals surface area contributed by atoms with Crippen LogP contribution in [-0.4, -0.2) is 119 Å². The Balaban J connectivity index is 1.20. The lowest BCUT2D eigenvalue weighted by atomic mass is 9.91. The van der Waals surface area contributed by atoms with Gasteiger partial charge < -0.3 is 56.8 Å². The summed E-state index contributed by atoms with van der Waals surface area (Å²) in [7, 11) is 0. The molecule has 0 amide bonds. The van der Waals surface area contributed by atoms with Gasteiger partial charge in [0.15, 0.2) is 11.5 Å². The number of ether oxygens (including phenoxy) is 12. The summed E-state index contributed by atoms with van der Waals surface area (Å²) in [6, 6.07) is 33.2. The molecule has 12 nitrogen and oxygen atoms in total. The van der Waals surface area contributed by atoms with E-state index in [1.165, 1.54) is 0 Å². The molecule has 0 fully saturated rings. The molecular formula is C52H60O12. The van der Waals surface area contributed by atoms with E-state index < -0.39 is 0 Å². The van der Waals surface area contributed by atoms with Gasteiger partial charge in [0.25, 0.3) is 0 Å². The van der Waals surface area contributed by atoms with Gasteiger partial charge in [-0.15, -0.1) is 0 Å². The lowest BCUT2D eigenvalue weighted by molar-refractivity contribution is -0.00706. The van der Waals surface area contributed by atoms with Crippen molar-refractivity contribution in [1.29, 1.82) is 0 Å². The lowest BCUT2D eigenvalue weighted by Gasteiger charge is -2.23. The first-order valence-corrected chi connectivity index (χ1v) is 22.6. The Kier molecular flexibility index (Phi) is 17.4.